The van der Waals surface area contributed by atoms with Crippen LogP contribution in [0.3, 0.4) is 0 Å². The molecule has 1 saturated carbocycles. The molecular formula is C14H27FN2O2S. The molecule has 0 aromatic heterocycles. The Hall–Kier alpha value is -0.200. The molecular weight excluding hydrogens is 279 g/mol. The summed E-state index contributed by atoms with van der Waals surface area (Å²) < 4.78 is 40.6. The van der Waals surface area contributed by atoms with E-state index in [1.165, 1.54) is 0 Å². The first-order chi connectivity index (χ1) is 9.06. The zero-order valence-electron chi connectivity index (χ0n) is 12.9. The van der Waals surface area contributed by atoms with Crippen molar-refractivity contribution in [2.75, 3.05) is 20.1 Å². The molecule has 1 spiro atoms. The van der Waals surface area contributed by atoms with Crippen LogP contribution in [0.2, 0.25) is 0 Å². The Bertz CT molecular complexity index is 450. The van der Waals surface area contributed by atoms with Crippen molar-refractivity contribution in [3.8, 4) is 0 Å². The summed E-state index contributed by atoms with van der Waals surface area (Å²) in [6.45, 7) is 6.87. The van der Waals surface area contributed by atoms with Gasteiger partial charge in [-0.1, -0.05) is 0 Å². The van der Waals surface area contributed by atoms with E-state index in [1.54, 1.807) is 20.8 Å². The Morgan fingerprint density at radius 3 is 2.30 bits per heavy atom. The second-order valence-corrected chi connectivity index (χ2v) is 9.96. The quantitative estimate of drug-likeness (QED) is 0.848. The molecule has 0 amide bonds. The minimum Gasteiger partial charge on any atom is -0.306 e. The molecule has 2 atom stereocenters. The summed E-state index contributed by atoms with van der Waals surface area (Å²) in [4.78, 5) is 2.23. The van der Waals surface area contributed by atoms with E-state index in [2.05, 4.69) is 16.7 Å². The molecule has 1 aliphatic carbocycles. The third-order valence-corrected chi connectivity index (χ3v) is 7.15. The molecule has 1 N–H and O–H groups in total. The maximum Gasteiger partial charge on any atom is 0.216 e. The zero-order valence-corrected chi connectivity index (χ0v) is 13.8. The van der Waals surface area contributed by atoms with Crippen molar-refractivity contribution in [2.24, 2.45) is 5.41 Å². The van der Waals surface area contributed by atoms with Gasteiger partial charge in [0, 0.05) is 6.04 Å². The van der Waals surface area contributed by atoms with Gasteiger partial charge in [0.05, 0.1) is 4.75 Å². The van der Waals surface area contributed by atoms with Gasteiger partial charge in [-0.05, 0) is 72.0 Å². The molecule has 1 heterocycles. The summed E-state index contributed by atoms with van der Waals surface area (Å²) in [7, 11) is -1.37. The monoisotopic (exact) mass is 306 g/mol. The maximum absolute atomic E-state index is 13.9. The van der Waals surface area contributed by atoms with Gasteiger partial charge in [0.25, 0.3) is 0 Å². The third-order valence-electron chi connectivity index (χ3n) is 4.95. The number of piperidine rings is 1. The van der Waals surface area contributed by atoms with Gasteiger partial charge in [-0.15, -0.1) is 0 Å². The van der Waals surface area contributed by atoms with Crippen LogP contribution in [0.1, 0.15) is 46.5 Å². The number of hydrogen-bond acceptors (Lipinski definition) is 3. The first kappa shape index (κ1) is 16.2. The highest BCUT2D eigenvalue weighted by atomic mass is 32.2. The summed E-state index contributed by atoms with van der Waals surface area (Å²) in [5.41, 5.74) is -0.190. The summed E-state index contributed by atoms with van der Waals surface area (Å²) in [5, 5.41) is 0. The van der Waals surface area contributed by atoms with E-state index in [0.717, 1.165) is 25.9 Å². The largest absolute Gasteiger partial charge is 0.306 e. The van der Waals surface area contributed by atoms with Crippen LogP contribution in [-0.2, 0) is 10.0 Å². The van der Waals surface area contributed by atoms with Gasteiger partial charge in [0.15, 0.2) is 0 Å². The number of nitrogens with zero attached hydrogens (tertiary/aromatic N) is 1. The third kappa shape index (κ3) is 3.02. The van der Waals surface area contributed by atoms with Crippen LogP contribution in [0, 0.1) is 5.41 Å². The van der Waals surface area contributed by atoms with Crippen LogP contribution >= 0.6 is 0 Å². The van der Waals surface area contributed by atoms with Crippen molar-refractivity contribution < 1.29 is 12.8 Å². The Morgan fingerprint density at radius 1 is 1.25 bits per heavy atom. The number of likely N-dealkylation sites (tertiary alicyclic amines) is 1. The van der Waals surface area contributed by atoms with Crippen molar-refractivity contribution in [1.29, 1.82) is 0 Å². The van der Waals surface area contributed by atoms with E-state index in [1.807, 2.05) is 0 Å². The lowest BCUT2D eigenvalue weighted by molar-refractivity contribution is 0.101. The van der Waals surface area contributed by atoms with Crippen molar-refractivity contribution in [3.05, 3.63) is 0 Å². The van der Waals surface area contributed by atoms with Gasteiger partial charge in [-0.2, -0.15) is 0 Å². The lowest BCUT2D eigenvalue weighted by Crippen LogP contribution is -2.52. The molecule has 1 aliphatic heterocycles. The Morgan fingerprint density at radius 2 is 1.80 bits per heavy atom. The van der Waals surface area contributed by atoms with E-state index < -0.39 is 20.9 Å². The van der Waals surface area contributed by atoms with Gasteiger partial charge < -0.3 is 4.90 Å². The fraction of sp³-hybridized carbons (Fsp3) is 1.00. The van der Waals surface area contributed by atoms with Gasteiger partial charge in [0.1, 0.15) is 6.17 Å². The highest BCUT2D eigenvalue weighted by molar-refractivity contribution is 7.90. The number of alkyl halides is 1. The second-order valence-electron chi connectivity index (χ2n) is 7.49. The van der Waals surface area contributed by atoms with E-state index in [0.29, 0.717) is 12.8 Å². The van der Waals surface area contributed by atoms with Gasteiger partial charge in [0.2, 0.25) is 10.0 Å². The minimum absolute atomic E-state index is 0.190. The standard InChI is InChI=1S/C14H27FN2O2S/c1-13(2,3)20(18,19)16-12-9-11(15)10-14(12)5-7-17(4)8-6-14/h11-12,16H,5-10H2,1-4H3/t11-,12-/m1/s1. The average Bonchev–Trinajstić information content (AvgIpc) is 2.57. The van der Waals surface area contributed by atoms with Crippen molar-refractivity contribution in [2.45, 2.75) is 63.4 Å². The first-order valence-electron chi connectivity index (χ1n) is 7.40. The molecule has 2 rings (SSSR count). The maximum atomic E-state index is 13.9. The van der Waals surface area contributed by atoms with E-state index in [9.17, 15) is 12.8 Å². The number of rotatable bonds is 2. The van der Waals surface area contributed by atoms with Crippen LogP contribution in [0.4, 0.5) is 4.39 Å². The van der Waals surface area contributed by atoms with Crippen LogP contribution in [0.25, 0.3) is 0 Å². The van der Waals surface area contributed by atoms with Crippen LogP contribution in [0.15, 0.2) is 0 Å². The van der Waals surface area contributed by atoms with Crippen molar-refractivity contribution in [1.82, 2.24) is 9.62 Å². The van der Waals surface area contributed by atoms with Crippen molar-refractivity contribution in [3.63, 3.8) is 0 Å². The van der Waals surface area contributed by atoms with E-state index in [-0.39, 0.29) is 11.5 Å². The lowest BCUT2D eigenvalue weighted by Gasteiger charge is -2.42. The molecule has 2 aliphatic rings. The van der Waals surface area contributed by atoms with E-state index in [4.69, 9.17) is 0 Å². The predicted octanol–water partition coefficient (Wildman–Crippen LogP) is 1.92. The Labute approximate surface area is 122 Å². The van der Waals surface area contributed by atoms with Crippen LogP contribution in [0.5, 0.6) is 0 Å². The number of sulfonamides is 1. The van der Waals surface area contributed by atoms with Gasteiger partial charge in [-0.3, -0.25) is 0 Å². The number of halogens is 1. The molecule has 20 heavy (non-hydrogen) atoms. The van der Waals surface area contributed by atoms with Gasteiger partial charge >= 0.3 is 0 Å². The molecule has 0 bridgehead atoms. The summed E-state index contributed by atoms with van der Waals surface area (Å²) in [5.74, 6) is 0. The molecule has 0 aromatic carbocycles. The lowest BCUT2D eigenvalue weighted by atomic mass is 9.74. The number of nitrogens with one attached hydrogen (secondary N) is 1. The fourth-order valence-electron chi connectivity index (χ4n) is 3.33. The molecule has 4 nitrogen and oxygen atoms in total. The first-order valence-corrected chi connectivity index (χ1v) is 8.89. The SMILES string of the molecule is CN1CCC2(CC1)C[C@H](F)C[C@H]2NS(=O)(=O)C(C)(C)C. The highest BCUT2D eigenvalue weighted by Gasteiger charge is 2.50. The molecule has 118 valence electrons. The van der Waals surface area contributed by atoms with Gasteiger partial charge in [-0.25, -0.2) is 17.5 Å². The topological polar surface area (TPSA) is 49.4 Å². The summed E-state index contributed by atoms with van der Waals surface area (Å²) >= 11 is 0. The molecule has 0 radical (unpaired) electrons. The summed E-state index contributed by atoms with van der Waals surface area (Å²) in [6.07, 6.45) is 1.69. The number of hydrogen-bond donors (Lipinski definition) is 1. The predicted molar refractivity (Wildman–Crippen MR) is 78.9 cm³/mol. The van der Waals surface area contributed by atoms with Crippen LogP contribution in [-0.4, -0.2) is 50.4 Å². The highest BCUT2D eigenvalue weighted by Crippen LogP contribution is 2.47. The van der Waals surface area contributed by atoms with E-state index >= 15 is 0 Å². The Balaban J connectivity index is 2.18. The Kier molecular flexibility index (Phi) is 4.22. The second kappa shape index (κ2) is 5.21. The minimum atomic E-state index is -3.42. The smallest absolute Gasteiger partial charge is 0.216 e. The molecule has 0 aromatic rings. The molecule has 1 saturated heterocycles. The average molecular weight is 306 g/mol. The summed E-state index contributed by atoms with van der Waals surface area (Å²) in [6, 6.07) is -0.254. The molecule has 2 fully saturated rings. The molecule has 6 heteroatoms. The fourth-order valence-corrected chi connectivity index (χ4v) is 4.40. The van der Waals surface area contributed by atoms with Crippen molar-refractivity contribution >= 4 is 10.0 Å². The normalized spacial score (nSPS) is 31.9. The van der Waals surface area contributed by atoms with Crippen LogP contribution < -0.4 is 4.72 Å². The molecule has 0 unspecified atom stereocenters. The zero-order chi connectivity index (χ0) is 15.2.